The number of hydrogen-bond donors (Lipinski definition) is 4. The molecule has 1 aromatic carbocycles. The fourth-order valence-electron chi connectivity index (χ4n) is 2.23. The molecular weight excluding hydrogens is 216 g/mol. The van der Waals surface area contributed by atoms with Gasteiger partial charge in [0, 0.05) is 12.1 Å². The number of aromatic hydroxyl groups is 1. The molecule has 1 aliphatic rings. The Labute approximate surface area is 99.3 Å². The smallest absolute Gasteiger partial charge is 0.201 e. The summed E-state index contributed by atoms with van der Waals surface area (Å²) < 4.78 is 0. The minimum Gasteiger partial charge on any atom is -0.508 e. The summed E-state index contributed by atoms with van der Waals surface area (Å²) >= 11 is 0. The molecule has 0 aliphatic carbocycles. The number of rotatable bonds is 2. The molecule has 0 bridgehead atoms. The standard InChI is InChI=1S/C12H16N4O/c17-9-1-2-10-11(7-9)16-12(15-10)14-8-3-5-13-6-4-8/h1-2,7-8,13,17H,3-6H2,(H2,14,15,16). The van der Waals surface area contributed by atoms with E-state index in [1.165, 1.54) is 0 Å². The Balaban J connectivity index is 1.80. The average molecular weight is 232 g/mol. The highest BCUT2D eigenvalue weighted by Crippen LogP contribution is 2.20. The highest BCUT2D eigenvalue weighted by Gasteiger charge is 2.14. The second-order valence-corrected chi connectivity index (χ2v) is 4.46. The van der Waals surface area contributed by atoms with Crippen molar-refractivity contribution >= 4 is 17.0 Å². The van der Waals surface area contributed by atoms with Crippen molar-refractivity contribution in [1.82, 2.24) is 15.3 Å². The van der Waals surface area contributed by atoms with E-state index in [0.717, 1.165) is 42.9 Å². The van der Waals surface area contributed by atoms with Gasteiger partial charge in [-0.15, -0.1) is 0 Å². The number of aromatic amines is 1. The highest BCUT2D eigenvalue weighted by molar-refractivity contribution is 5.78. The first-order chi connectivity index (χ1) is 8.31. The van der Waals surface area contributed by atoms with Crippen LogP contribution in [0.3, 0.4) is 0 Å². The minimum absolute atomic E-state index is 0.259. The van der Waals surface area contributed by atoms with Gasteiger partial charge in [0.25, 0.3) is 0 Å². The van der Waals surface area contributed by atoms with Crippen molar-refractivity contribution in [3.05, 3.63) is 18.2 Å². The van der Waals surface area contributed by atoms with Crippen LogP contribution >= 0.6 is 0 Å². The summed E-state index contributed by atoms with van der Waals surface area (Å²) in [6, 6.07) is 5.63. The van der Waals surface area contributed by atoms with Gasteiger partial charge in [-0.2, -0.15) is 0 Å². The molecule has 0 atom stereocenters. The lowest BCUT2D eigenvalue weighted by molar-refractivity contribution is 0.476. The number of fused-ring (bicyclic) bond motifs is 1. The average Bonchev–Trinajstić information content (AvgIpc) is 2.71. The van der Waals surface area contributed by atoms with Gasteiger partial charge in [-0.1, -0.05) is 0 Å². The second kappa shape index (κ2) is 4.25. The summed E-state index contributed by atoms with van der Waals surface area (Å²) in [5.74, 6) is 1.05. The van der Waals surface area contributed by atoms with E-state index in [9.17, 15) is 5.11 Å². The van der Waals surface area contributed by atoms with Crippen LogP contribution in [0.2, 0.25) is 0 Å². The molecular formula is C12H16N4O. The number of phenols is 1. The van der Waals surface area contributed by atoms with Gasteiger partial charge < -0.3 is 20.7 Å². The van der Waals surface area contributed by atoms with Crippen LogP contribution in [-0.4, -0.2) is 34.2 Å². The first-order valence-corrected chi connectivity index (χ1v) is 5.97. The van der Waals surface area contributed by atoms with Crippen LogP contribution in [0.4, 0.5) is 5.95 Å². The molecule has 4 N–H and O–H groups in total. The van der Waals surface area contributed by atoms with Gasteiger partial charge in [0.1, 0.15) is 5.75 Å². The van der Waals surface area contributed by atoms with Gasteiger partial charge in [0.15, 0.2) is 0 Å². The topological polar surface area (TPSA) is 73.0 Å². The van der Waals surface area contributed by atoms with Crippen LogP contribution in [0, 0.1) is 0 Å². The number of phenolic OH excluding ortho intramolecular Hbond substituents is 1. The van der Waals surface area contributed by atoms with Crippen LogP contribution < -0.4 is 10.6 Å². The normalized spacial score (nSPS) is 17.4. The number of aromatic nitrogens is 2. The summed E-state index contributed by atoms with van der Waals surface area (Å²) in [6.07, 6.45) is 2.23. The van der Waals surface area contributed by atoms with E-state index in [1.807, 2.05) is 6.07 Å². The zero-order chi connectivity index (χ0) is 11.7. The molecule has 0 unspecified atom stereocenters. The fourth-order valence-corrected chi connectivity index (χ4v) is 2.23. The van der Waals surface area contributed by atoms with Crippen molar-refractivity contribution in [2.45, 2.75) is 18.9 Å². The zero-order valence-electron chi connectivity index (χ0n) is 9.53. The monoisotopic (exact) mass is 232 g/mol. The first-order valence-electron chi connectivity index (χ1n) is 5.97. The molecule has 3 rings (SSSR count). The van der Waals surface area contributed by atoms with Crippen molar-refractivity contribution < 1.29 is 5.11 Å². The Morgan fingerprint density at radius 2 is 2.12 bits per heavy atom. The lowest BCUT2D eigenvalue weighted by Gasteiger charge is -2.23. The summed E-state index contributed by atoms with van der Waals surface area (Å²) in [6.45, 7) is 2.11. The van der Waals surface area contributed by atoms with Crippen molar-refractivity contribution in [2.24, 2.45) is 0 Å². The molecule has 90 valence electrons. The summed E-state index contributed by atoms with van der Waals surface area (Å²) in [5, 5.41) is 16.1. The van der Waals surface area contributed by atoms with Crippen LogP contribution in [0.25, 0.3) is 11.0 Å². The summed E-state index contributed by atoms with van der Waals surface area (Å²) in [5.41, 5.74) is 1.74. The van der Waals surface area contributed by atoms with Crippen molar-refractivity contribution in [1.29, 1.82) is 0 Å². The number of piperidine rings is 1. The molecule has 0 radical (unpaired) electrons. The predicted octanol–water partition coefficient (Wildman–Crippen LogP) is 1.43. The Morgan fingerprint density at radius 1 is 1.29 bits per heavy atom. The second-order valence-electron chi connectivity index (χ2n) is 4.46. The van der Waals surface area contributed by atoms with Crippen LogP contribution in [0.5, 0.6) is 5.75 Å². The SMILES string of the molecule is Oc1ccc2nc(NC3CCNCC3)[nH]c2c1. The molecule has 1 fully saturated rings. The number of anilines is 1. The molecule has 5 nitrogen and oxygen atoms in total. The number of nitrogens with zero attached hydrogens (tertiary/aromatic N) is 1. The number of benzene rings is 1. The lowest BCUT2D eigenvalue weighted by atomic mass is 10.1. The minimum atomic E-state index is 0.259. The van der Waals surface area contributed by atoms with Gasteiger partial charge in [-0.25, -0.2) is 4.98 Å². The maximum absolute atomic E-state index is 9.38. The van der Waals surface area contributed by atoms with Gasteiger partial charge in [0.05, 0.1) is 11.0 Å². The number of H-pyrrole nitrogens is 1. The third-order valence-electron chi connectivity index (χ3n) is 3.15. The van der Waals surface area contributed by atoms with Gasteiger partial charge in [-0.3, -0.25) is 0 Å². The molecule has 17 heavy (non-hydrogen) atoms. The zero-order valence-corrected chi connectivity index (χ0v) is 9.53. The highest BCUT2D eigenvalue weighted by atomic mass is 16.3. The van der Waals surface area contributed by atoms with E-state index in [0.29, 0.717) is 6.04 Å². The van der Waals surface area contributed by atoms with E-state index in [4.69, 9.17) is 0 Å². The van der Waals surface area contributed by atoms with Crippen LogP contribution in [0.1, 0.15) is 12.8 Å². The molecule has 0 spiro atoms. The quantitative estimate of drug-likeness (QED) is 0.632. The molecule has 0 saturated carbocycles. The summed E-state index contributed by atoms with van der Waals surface area (Å²) in [4.78, 5) is 7.63. The fraction of sp³-hybridized carbons (Fsp3) is 0.417. The Bertz CT molecular complexity index is 516. The Hall–Kier alpha value is -1.75. The lowest BCUT2D eigenvalue weighted by Crippen LogP contribution is -2.35. The molecule has 1 saturated heterocycles. The Morgan fingerprint density at radius 3 is 2.94 bits per heavy atom. The maximum atomic E-state index is 9.38. The predicted molar refractivity (Wildman–Crippen MR) is 67.3 cm³/mol. The van der Waals surface area contributed by atoms with Gasteiger partial charge >= 0.3 is 0 Å². The molecule has 0 amide bonds. The third-order valence-corrected chi connectivity index (χ3v) is 3.15. The largest absolute Gasteiger partial charge is 0.508 e. The van der Waals surface area contributed by atoms with E-state index >= 15 is 0 Å². The van der Waals surface area contributed by atoms with E-state index < -0.39 is 0 Å². The van der Waals surface area contributed by atoms with Crippen molar-refractivity contribution in [2.75, 3.05) is 18.4 Å². The molecule has 1 aliphatic heterocycles. The van der Waals surface area contributed by atoms with Crippen LogP contribution in [0.15, 0.2) is 18.2 Å². The Kier molecular flexibility index (Phi) is 2.60. The van der Waals surface area contributed by atoms with E-state index in [-0.39, 0.29) is 5.75 Å². The molecule has 2 aromatic rings. The van der Waals surface area contributed by atoms with Crippen molar-refractivity contribution in [3.63, 3.8) is 0 Å². The maximum Gasteiger partial charge on any atom is 0.201 e. The van der Waals surface area contributed by atoms with Crippen molar-refractivity contribution in [3.8, 4) is 5.75 Å². The number of nitrogens with one attached hydrogen (secondary N) is 3. The first kappa shape index (κ1) is 10.4. The third kappa shape index (κ3) is 2.19. The van der Waals surface area contributed by atoms with E-state index in [1.54, 1.807) is 12.1 Å². The van der Waals surface area contributed by atoms with Crippen LogP contribution in [-0.2, 0) is 0 Å². The van der Waals surface area contributed by atoms with E-state index in [2.05, 4.69) is 20.6 Å². The van der Waals surface area contributed by atoms with Gasteiger partial charge in [0.2, 0.25) is 5.95 Å². The number of hydrogen-bond acceptors (Lipinski definition) is 4. The molecule has 2 heterocycles. The summed E-state index contributed by atoms with van der Waals surface area (Å²) in [7, 11) is 0. The van der Waals surface area contributed by atoms with Gasteiger partial charge in [-0.05, 0) is 38.1 Å². The molecule has 1 aromatic heterocycles. The number of imidazole rings is 1. The molecule has 5 heteroatoms.